The van der Waals surface area contributed by atoms with Crippen LogP contribution in [0.4, 0.5) is 4.79 Å². The van der Waals surface area contributed by atoms with Gasteiger partial charge in [0.05, 0.1) is 32.5 Å². The van der Waals surface area contributed by atoms with Gasteiger partial charge in [0.15, 0.2) is 0 Å². The number of carbonyl (C=O) groups is 7. The molecule has 0 radical (unpaired) electrons. The lowest BCUT2D eigenvalue weighted by Crippen LogP contribution is -2.57. The van der Waals surface area contributed by atoms with Crippen molar-refractivity contribution in [1.29, 1.82) is 0 Å². The molecule has 8 N–H and O–H groups in total. The molecule has 210 valence electrons. The van der Waals surface area contributed by atoms with Gasteiger partial charge in [-0.05, 0) is 27.7 Å². The topological polar surface area (TPSA) is 244 Å². The van der Waals surface area contributed by atoms with E-state index in [4.69, 9.17) is 20.3 Å². The lowest BCUT2D eigenvalue weighted by atomic mass is 10.2. The van der Waals surface area contributed by atoms with Crippen LogP contribution in [-0.2, 0) is 38.2 Å². The molecule has 0 spiro atoms. The van der Waals surface area contributed by atoms with Crippen molar-refractivity contribution in [2.45, 2.75) is 58.2 Å². The highest BCUT2D eigenvalue weighted by molar-refractivity contribution is 5.93. The number of ether oxygens (including phenoxy) is 2. The highest BCUT2D eigenvalue weighted by atomic mass is 16.6. The Morgan fingerprint density at radius 1 is 0.865 bits per heavy atom. The number of esters is 1. The van der Waals surface area contributed by atoms with Crippen LogP contribution in [0.15, 0.2) is 0 Å². The largest absolute Gasteiger partial charge is 0.465 e. The van der Waals surface area contributed by atoms with E-state index in [0.29, 0.717) is 0 Å². The Hall–Kier alpha value is -3.95. The summed E-state index contributed by atoms with van der Waals surface area (Å²) in [4.78, 5) is 82.6. The number of hydrogen-bond donors (Lipinski definition) is 7. The summed E-state index contributed by atoms with van der Waals surface area (Å²) in [6.45, 7) is 4.20. The first-order valence-corrected chi connectivity index (χ1v) is 11.3. The molecule has 0 heterocycles. The van der Waals surface area contributed by atoms with Gasteiger partial charge in [0, 0.05) is 6.54 Å². The van der Waals surface area contributed by atoms with Crippen molar-refractivity contribution in [3.63, 3.8) is 0 Å². The van der Waals surface area contributed by atoms with Crippen LogP contribution in [0.5, 0.6) is 0 Å². The molecular weight excluding hydrogens is 496 g/mol. The molecule has 6 amide bonds. The second kappa shape index (κ2) is 16.7. The number of primary amides is 1. The molecule has 16 heteroatoms. The van der Waals surface area contributed by atoms with Crippen LogP contribution < -0.4 is 32.3 Å². The highest BCUT2D eigenvalue weighted by Crippen LogP contribution is 2.06. The van der Waals surface area contributed by atoms with Crippen molar-refractivity contribution in [3.8, 4) is 0 Å². The number of rotatable bonds is 15. The summed E-state index contributed by atoms with van der Waals surface area (Å²) in [5.74, 6) is -4.32. The van der Waals surface area contributed by atoms with Gasteiger partial charge in [0.2, 0.25) is 29.5 Å². The van der Waals surface area contributed by atoms with E-state index in [-0.39, 0.29) is 19.4 Å². The Kier molecular flexibility index (Phi) is 14.9. The van der Waals surface area contributed by atoms with Crippen molar-refractivity contribution < 1.29 is 48.1 Å². The minimum absolute atomic E-state index is 0.215. The van der Waals surface area contributed by atoms with E-state index in [1.165, 1.54) is 6.92 Å². The summed E-state index contributed by atoms with van der Waals surface area (Å²) < 4.78 is 9.87. The first-order valence-electron chi connectivity index (χ1n) is 11.3. The van der Waals surface area contributed by atoms with Crippen LogP contribution in [-0.4, -0.2) is 97.2 Å². The van der Waals surface area contributed by atoms with Crippen LogP contribution in [0.3, 0.4) is 0 Å². The summed E-state index contributed by atoms with van der Waals surface area (Å²) in [6.07, 6.45) is -1.41. The Labute approximate surface area is 213 Å². The predicted octanol–water partition coefficient (Wildman–Crippen LogP) is -3.47. The zero-order chi connectivity index (χ0) is 28.6. The molecule has 0 bridgehead atoms. The lowest BCUT2D eigenvalue weighted by molar-refractivity contribution is -0.145. The van der Waals surface area contributed by atoms with Gasteiger partial charge in [-0.1, -0.05) is 0 Å². The van der Waals surface area contributed by atoms with Gasteiger partial charge < -0.3 is 46.9 Å². The molecule has 37 heavy (non-hydrogen) atoms. The number of nitrogens with two attached hydrogens (primary N) is 1. The minimum atomic E-state index is -1.36. The quantitative estimate of drug-likeness (QED) is 0.103. The third-order valence-electron chi connectivity index (χ3n) is 4.05. The lowest BCUT2D eigenvalue weighted by Gasteiger charge is -2.24. The summed E-state index contributed by atoms with van der Waals surface area (Å²) >= 11 is 0. The Bertz CT molecular complexity index is 842. The molecule has 2 atom stereocenters. The van der Waals surface area contributed by atoms with Gasteiger partial charge in [-0.15, -0.1) is 0 Å². The van der Waals surface area contributed by atoms with Crippen LogP contribution in [0.1, 0.15) is 40.5 Å². The molecule has 0 rings (SSSR count). The molecule has 0 saturated heterocycles. The van der Waals surface area contributed by atoms with Crippen LogP contribution in [0.2, 0.25) is 0 Å². The van der Waals surface area contributed by atoms with Gasteiger partial charge in [-0.2, -0.15) is 0 Å². The summed E-state index contributed by atoms with van der Waals surface area (Å²) in [7, 11) is 0. The maximum Gasteiger partial charge on any atom is 0.408 e. The number of nitrogens with one attached hydrogen (secondary N) is 5. The monoisotopic (exact) mass is 532 g/mol. The number of carbonyl (C=O) groups excluding carboxylic acids is 7. The van der Waals surface area contributed by atoms with Gasteiger partial charge in [-0.3, -0.25) is 28.8 Å². The zero-order valence-corrected chi connectivity index (χ0v) is 21.3. The zero-order valence-electron chi connectivity index (χ0n) is 21.3. The van der Waals surface area contributed by atoms with Crippen LogP contribution in [0, 0.1) is 0 Å². The Morgan fingerprint density at radius 3 is 2.08 bits per heavy atom. The molecule has 0 fully saturated rings. The molecule has 0 aromatic carbocycles. The first-order chi connectivity index (χ1) is 17.1. The van der Waals surface area contributed by atoms with E-state index < -0.39 is 85.5 Å². The summed E-state index contributed by atoms with van der Waals surface area (Å²) in [5, 5.41) is 20.1. The molecule has 0 unspecified atom stereocenters. The SMILES string of the molecule is C[C@H](NC(=O)[C@H](CNC(=O)CCOC(=O)CCO)NC(=O)OC(C)(C)C)C(=O)NCC(=O)NCC(N)=O. The third kappa shape index (κ3) is 17.2. The Balaban J connectivity index is 4.97. The molecule has 0 aromatic rings. The second-order valence-electron chi connectivity index (χ2n) is 8.64. The maximum atomic E-state index is 12.7. The molecule has 0 aliphatic carbocycles. The van der Waals surface area contributed by atoms with E-state index in [1.807, 2.05) is 0 Å². The van der Waals surface area contributed by atoms with E-state index >= 15 is 0 Å². The number of amides is 6. The molecule has 0 aliphatic rings. The average molecular weight is 533 g/mol. The second-order valence-corrected chi connectivity index (χ2v) is 8.64. The van der Waals surface area contributed by atoms with Crippen molar-refractivity contribution in [3.05, 3.63) is 0 Å². The van der Waals surface area contributed by atoms with E-state index in [0.717, 1.165) is 0 Å². The van der Waals surface area contributed by atoms with Gasteiger partial charge in [0.25, 0.3) is 0 Å². The minimum Gasteiger partial charge on any atom is -0.465 e. The summed E-state index contributed by atoms with van der Waals surface area (Å²) in [5.41, 5.74) is 4.02. The number of aliphatic hydroxyl groups is 1. The fourth-order valence-electron chi connectivity index (χ4n) is 2.33. The smallest absolute Gasteiger partial charge is 0.408 e. The predicted molar refractivity (Wildman–Crippen MR) is 126 cm³/mol. The van der Waals surface area contributed by atoms with Gasteiger partial charge in [0.1, 0.15) is 24.3 Å². The van der Waals surface area contributed by atoms with Crippen molar-refractivity contribution in [2.75, 3.05) is 32.8 Å². The first kappa shape index (κ1) is 33.0. The third-order valence-corrected chi connectivity index (χ3v) is 4.05. The highest BCUT2D eigenvalue weighted by Gasteiger charge is 2.27. The molecule has 0 saturated carbocycles. The molecule has 0 aliphatic heterocycles. The molecular formula is C21H36N6O10. The number of aliphatic hydroxyl groups excluding tert-OH is 1. The van der Waals surface area contributed by atoms with Gasteiger partial charge in [-0.25, -0.2) is 4.79 Å². The van der Waals surface area contributed by atoms with E-state index in [1.54, 1.807) is 20.8 Å². The number of hydrogen-bond acceptors (Lipinski definition) is 10. The molecule has 0 aromatic heterocycles. The van der Waals surface area contributed by atoms with Crippen LogP contribution in [0.25, 0.3) is 0 Å². The Morgan fingerprint density at radius 2 is 1.51 bits per heavy atom. The standard InChI is InChI=1S/C21H36N6O10/c1-12(18(33)25-11-16(31)24-10-14(22)29)26-19(34)13(27-20(35)37-21(2,3)4)9-23-15(30)6-8-36-17(32)5-7-28/h12-13,28H,5-11H2,1-4H3,(H2,22,29)(H,23,30)(H,24,31)(H,25,33)(H,26,34)(H,27,35)/t12-,13-/m0/s1. The average Bonchev–Trinajstić information content (AvgIpc) is 2.77. The van der Waals surface area contributed by atoms with E-state index in [2.05, 4.69) is 26.6 Å². The number of alkyl carbamates (subject to hydrolysis) is 1. The van der Waals surface area contributed by atoms with Crippen molar-refractivity contribution in [2.24, 2.45) is 5.73 Å². The van der Waals surface area contributed by atoms with Crippen molar-refractivity contribution in [1.82, 2.24) is 26.6 Å². The fourth-order valence-corrected chi connectivity index (χ4v) is 2.33. The fraction of sp³-hybridized carbons (Fsp3) is 0.667. The molecule has 16 nitrogen and oxygen atoms in total. The van der Waals surface area contributed by atoms with Gasteiger partial charge >= 0.3 is 12.1 Å². The van der Waals surface area contributed by atoms with Crippen LogP contribution >= 0.6 is 0 Å². The maximum absolute atomic E-state index is 12.7. The van der Waals surface area contributed by atoms with E-state index in [9.17, 15) is 33.6 Å². The normalized spacial score (nSPS) is 12.2. The summed E-state index contributed by atoms with van der Waals surface area (Å²) in [6, 6.07) is -2.51. The van der Waals surface area contributed by atoms with Crippen molar-refractivity contribution >= 4 is 41.6 Å².